The second kappa shape index (κ2) is 3.69. The lowest BCUT2D eigenvalue weighted by molar-refractivity contribution is 1.41. The molecule has 0 bridgehead atoms. The van der Waals surface area contributed by atoms with Crippen LogP contribution < -0.4 is 0 Å². The Morgan fingerprint density at radius 3 is 2.45 bits per heavy atom. The Bertz CT molecular complexity index is 281. The van der Waals surface area contributed by atoms with E-state index >= 15 is 0 Å². The van der Waals surface area contributed by atoms with Gasteiger partial charge in [-0.15, -0.1) is 0 Å². The summed E-state index contributed by atoms with van der Waals surface area (Å²) in [6, 6.07) is 12.1. The predicted octanol–water partition coefficient (Wildman–Crippen LogP) is 1.85. The maximum Gasteiger partial charge on any atom is 0.0701 e. The third-order valence-corrected chi connectivity index (χ3v) is 1.51. The lowest BCUT2D eigenvalue weighted by Gasteiger charge is -1.91. The summed E-state index contributed by atoms with van der Waals surface area (Å²) in [6.07, 6.45) is 1.81. The topological polar surface area (TPSA) is 12.9 Å². The van der Waals surface area contributed by atoms with Crippen molar-refractivity contribution in [2.45, 2.75) is 0 Å². The third-order valence-electron chi connectivity index (χ3n) is 1.51. The average Bonchev–Trinajstić information content (AvgIpc) is 2.05. The zero-order valence-corrected chi connectivity index (χ0v) is 7.61. The van der Waals surface area contributed by atoms with Crippen LogP contribution in [0.3, 0.4) is 0 Å². The fourth-order valence-electron chi connectivity index (χ4n) is 1.02. The molecule has 50 valence electrons. The lowest BCUT2D eigenvalue weighted by Crippen LogP contribution is -1.73. The molecule has 0 aliphatic rings. The van der Waals surface area contributed by atoms with Crippen LogP contribution in [0.5, 0.6) is 0 Å². The molecule has 0 saturated heterocycles. The zero-order chi connectivity index (χ0) is 6.81. The number of pyridine rings is 1. The van der Waals surface area contributed by atoms with E-state index in [1.807, 2.05) is 30.5 Å². The SMILES string of the molecule is [Mg].c1ccc2ncccc2c1. The first kappa shape index (κ1) is 8.49. The smallest absolute Gasteiger partial charge is 0.0701 e. The Kier molecular flexibility index (Phi) is 2.85. The van der Waals surface area contributed by atoms with Crippen LogP contribution in [0.4, 0.5) is 0 Å². The van der Waals surface area contributed by atoms with Crippen LogP contribution in [0.1, 0.15) is 0 Å². The van der Waals surface area contributed by atoms with Crippen LogP contribution in [0.2, 0.25) is 0 Å². The second-order valence-electron chi connectivity index (χ2n) is 2.20. The number of aromatic nitrogens is 1. The molecule has 0 aliphatic heterocycles. The second-order valence-corrected chi connectivity index (χ2v) is 2.20. The van der Waals surface area contributed by atoms with Crippen LogP contribution >= 0.6 is 0 Å². The molecule has 1 heterocycles. The maximum absolute atomic E-state index is 4.18. The maximum atomic E-state index is 4.18. The highest BCUT2D eigenvalue weighted by Crippen LogP contribution is 2.07. The summed E-state index contributed by atoms with van der Waals surface area (Å²) < 4.78 is 0. The molecule has 0 amide bonds. The Labute approximate surface area is 81.6 Å². The van der Waals surface area contributed by atoms with Crippen LogP contribution in [0.25, 0.3) is 10.9 Å². The van der Waals surface area contributed by atoms with Gasteiger partial charge in [-0.05, 0) is 12.1 Å². The molecule has 0 aliphatic carbocycles. The average molecular weight is 153 g/mol. The highest BCUT2D eigenvalue weighted by atomic mass is 24.3. The van der Waals surface area contributed by atoms with Gasteiger partial charge in [0.15, 0.2) is 0 Å². The van der Waals surface area contributed by atoms with E-state index < -0.39 is 0 Å². The molecule has 2 radical (unpaired) electrons. The van der Waals surface area contributed by atoms with Crippen molar-refractivity contribution >= 4 is 34.0 Å². The normalized spacial score (nSPS) is 9.09. The Hall–Kier alpha value is -0.604. The number of hydrogen-bond donors (Lipinski definition) is 0. The van der Waals surface area contributed by atoms with Crippen molar-refractivity contribution in [3.05, 3.63) is 42.6 Å². The number of para-hydroxylation sites is 1. The van der Waals surface area contributed by atoms with Gasteiger partial charge in [0.05, 0.1) is 5.52 Å². The summed E-state index contributed by atoms with van der Waals surface area (Å²) in [4.78, 5) is 4.18. The third kappa shape index (κ3) is 1.70. The van der Waals surface area contributed by atoms with Crippen LogP contribution in [-0.2, 0) is 0 Å². The predicted molar refractivity (Wildman–Crippen MR) is 47.5 cm³/mol. The molecule has 2 aromatic rings. The first-order valence-electron chi connectivity index (χ1n) is 3.26. The first-order chi connectivity index (χ1) is 4.97. The standard InChI is InChI=1S/C9H7N.Mg/c1-2-6-9-8(4-1)5-3-7-10-9;/h1-7H;. The Balaban J connectivity index is 0.000000605. The van der Waals surface area contributed by atoms with Gasteiger partial charge in [0.1, 0.15) is 0 Å². The summed E-state index contributed by atoms with van der Waals surface area (Å²) in [5, 5.41) is 1.20. The van der Waals surface area contributed by atoms with Crippen LogP contribution in [-0.4, -0.2) is 28.0 Å². The molecule has 0 spiro atoms. The number of benzene rings is 1. The molecular weight excluding hydrogens is 146 g/mol. The molecule has 0 atom stereocenters. The molecule has 0 unspecified atom stereocenters. The highest BCUT2D eigenvalue weighted by Gasteiger charge is 1.86. The number of rotatable bonds is 0. The number of fused-ring (bicyclic) bond motifs is 1. The molecule has 0 fully saturated rings. The Morgan fingerprint density at radius 1 is 0.909 bits per heavy atom. The first-order valence-corrected chi connectivity index (χ1v) is 3.26. The minimum Gasteiger partial charge on any atom is -0.256 e. The van der Waals surface area contributed by atoms with Crippen molar-refractivity contribution in [2.24, 2.45) is 0 Å². The molecular formula is C9H7MgN. The van der Waals surface area contributed by atoms with E-state index in [-0.39, 0.29) is 23.1 Å². The van der Waals surface area contributed by atoms with Gasteiger partial charge in [0.2, 0.25) is 0 Å². The van der Waals surface area contributed by atoms with Gasteiger partial charge in [-0.25, -0.2) is 0 Å². The molecule has 2 rings (SSSR count). The summed E-state index contributed by atoms with van der Waals surface area (Å²) >= 11 is 0. The molecule has 1 aromatic heterocycles. The summed E-state index contributed by atoms with van der Waals surface area (Å²) in [5.74, 6) is 0. The molecule has 0 saturated carbocycles. The monoisotopic (exact) mass is 153 g/mol. The van der Waals surface area contributed by atoms with E-state index in [0.717, 1.165) is 5.52 Å². The molecule has 0 N–H and O–H groups in total. The molecule has 2 heteroatoms. The van der Waals surface area contributed by atoms with Crippen molar-refractivity contribution in [1.82, 2.24) is 4.98 Å². The molecule has 1 nitrogen and oxygen atoms in total. The number of nitrogens with zero attached hydrogens (tertiary/aromatic N) is 1. The largest absolute Gasteiger partial charge is 0.256 e. The quantitative estimate of drug-likeness (QED) is 0.527. The van der Waals surface area contributed by atoms with Crippen molar-refractivity contribution in [3.63, 3.8) is 0 Å². The van der Waals surface area contributed by atoms with Gasteiger partial charge in [0, 0.05) is 34.6 Å². The summed E-state index contributed by atoms with van der Waals surface area (Å²) in [6.45, 7) is 0. The molecule has 11 heavy (non-hydrogen) atoms. The lowest BCUT2D eigenvalue weighted by atomic mass is 10.2. The van der Waals surface area contributed by atoms with E-state index in [0.29, 0.717) is 0 Å². The van der Waals surface area contributed by atoms with Crippen LogP contribution in [0.15, 0.2) is 42.6 Å². The Morgan fingerprint density at radius 2 is 1.64 bits per heavy atom. The van der Waals surface area contributed by atoms with Crippen molar-refractivity contribution in [1.29, 1.82) is 0 Å². The van der Waals surface area contributed by atoms with Crippen molar-refractivity contribution in [2.75, 3.05) is 0 Å². The highest BCUT2D eigenvalue weighted by molar-refractivity contribution is 5.77. The van der Waals surface area contributed by atoms with E-state index in [9.17, 15) is 0 Å². The minimum absolute atomic E-state index is 0. The van der Waals surface area contributed by atoms with Crippen LogP contribution in [0, 0.1) is 0 Å². The number of hydrogen-bond acceptors (Lipinski definition) is 1. The van der Waals surface area contributed by atoms with Gasteiger partial charge < -0.3 is 0 Å². The fraction of sp³-hybridized carbons (Fsp3) is 0. The van der Waals surface area contributed by atoms with E-state index in [2.05, 4.69) is 17.1 Å². The van der Waals surface area contributed by atoms with Gasteiger partial charge in [-0.2, -0.15) is 0 Å². The van der Waals surface area contributed by atoms with Gasteiger partial charge >= 0.3 is 0 Å². The minimum atomic E-state index is 0. The summed E-state index contributed by atoms with van der Waals surface area (Å²) in [7, 11) is 0. The van der Waals surface area contributed by atoms with E-state index in [1.165, 1.54) is 5.39 Å². The van der Waals surface area contributed by atoms with Gasteiger partial charge in [-0.3, -0.25) is 4.98 Å². The summed E-state index contributed by atoms with van der Waals surface area (Å²) in [5.41, 5.74) is 1.06. The van der Waals surface area contributed by atoms with E-state index in [4.69, 9.17) is 0 Å². The van der Waals surface area contributed by atoms with Crippen molar-refractivity contribution in [3.8, 4) is 0 Å². The zero-order valence-electron chi connectivity index (χ0n) is 6.20. The van der Waals surface area contributed by atoms with E-state index in [1.54, 1.807) is 0 Å². The van der Waals surface area contributed by atoms with Gasteiger partial charge in [0.25, 0.3) is 0 Å². The van der Waals surface area contributed by atoms with Crippen molar-refractivity contribution < 1.29 is 0 Å². The molecule has 1 aromatic carbocycles. The van der Waals surface area contributed by atoms with Gasteiger partial charge in [-0.1, -0.05) is 24.3 Å². The fourth-order valence-corrected chi connectivity index (χ4v) is 1.02.